The smallest absolute Gasteiger partial charge is 0.205 e. The Morgan fingerprint density at radius 2 is 2.29 bits per heavy atom. The van der Waals surface area contributed by atoms with Crippen molar-refractivity contribution in [3.8, 4) is 0 Å². The SMILES string of the molecule is CCCC(C)C1CCCN1c1nc(CC)ns1. The maximum atomic E-state index is 4.64. The first kappa shape index (κ1) is 12.8. The van der Waals surface area contributed by atoms with Crippen LogP contribution in [0.25, 0.3) is 0 Å². The first-order valence-electron chi connectivity index (χ1n) is 6.85. The van der Waals surface area contributed by atoms with Crippen LogP contribution in [0.4, 0.5) is 5.13 Å². The second-order valence-corrected chi connectivity index (χ2v) is 5.75. The molecule has 0 N–H and O–H groups in total. The van der Waals surface area contributed by atoms with Crippen molar-refractivity contribution in [2.75, 3.05) is 11.4 Å². The highest BCUT2D eigenvalue weighted by molar-refractivity contribution is 7.09. The Bertz CT molecular complexity index is 350. The zero-order chi connectivity index (χ0) is 12.3. The summed E-state index contributed by atoms with van der Waals surface area (Å²) in [5.74, 6) is 1.77. The van der Waals surface area contributed by atoms with E-state index in [0.29, 0.717) is 6.04 Å². The second kappa shape index (κ2) is 5.80. The minimum Gasteiger partial charge on any atom is -0.344 e. The summed E-state index contributed by atoms with van der Waals surface area (Å²) in [4.78, 5) is 7.13. The van der Waals surface area contributed by atoms with E-state index in [4.69, 9.17) is 0 Å². The van der Waals surface area contributed by atoms with Crippen molar-refractivity contribution < 1.29 is 0 Å². The standard InChI is InChI=1S/C13H23N3S/c1-4-7-10(3)11-8-6-9-16(11)13-14-12(5-2)15-17-13/h10-11H,4-9H2,1-3H3. The highest BCUT2D eigenvalue weighted by Crippen LogP contribution is 2.32. The summed E-state index contributed by atoms with van der Waals surface area (Å²) in [7, 11) is 0. The van der Waals surface area contributed by atoms with Gasteiger partial charge in [0.15, 0.2) is 0 Å². The summed E-state index contributed by atoms with van der Waals surface area (Å²) in [6.07, 6.45) is 6.17. The van der Waals surface area contributed by atoms with Gasteiger partial charge in [0.25, 0.3) is 0 Å². The fraction of sp³-hybridized carbons (Fsp3) is 0.846. The number of aromatic nitrogens is 2. The van der Waals surface area contributed by atoms with E-state index >= 15 is 0 Å². The lowest BCUT2D eigenvalue weighted by atomic mass is 9.95. The van der Waals surface area contributed by atoms with E-state index in [1.807, 2.05) is 0 Å². The van der Waals surface area contributed by atoms with Crippen molar-refractivity contribution in [2.24, 2.45) is 5.92 Å². The molecule has 0 radical (unpaired) electrons. The Labute approximate surface area is 108 Å². The zero-order valence-electron chi connectivity index (χ0n) is 11.1. The third kappa shape index (κ3) is 2.79. The van der Waals surface area contributed by atoms with Gasteiger partial charge in [0.1, 0.15) is 5.82 Å². The Hall–Kier alpha value is -0.640. The molecule has 0 aromatic carbocycles. The monoisotopic (exact) mass is 253 g/mol. The molecule has 1 aliphatic rings. The first-order chi connectivity index (χ1) is 8.26. The van der Waals surface area contributed by atoms with Crippen LogP contribution >= 0.6 is 11.5 Å². The normalized spacial score (nSPS) is 22.1. The van der Waals surface area contributed by atoms with Gasteiger partial charge in [0.05, 0.1) is 0 Å². The van der Waals surface area contributed by atoms with Crippen molar-refractivity contribution >= 4 is 16.7 Å². The minimum atomic E-state index is 0.688. The van der Waals surface area contributed by atoms with Gasteiger partial charge in [-0.3, -0.25) is 0 Å². The fourth-order valence-electron chi connectivity index (χ4n) is 2.77. The van der Waals surface area contributed by atoms with Gasteiger partial charge in [0.2, 0.25) is 5.13 Å². The number of rotatable bonds is 5. The van der Waals surface area contributed by atoms with Gasteiger partial charge in [-0.05, 0) is 25.2 Å². The Balaban J connectivity index is 2.08. The summed E-state index contributed by atoms with van der Waals surface area (Å²) < 4.78 is 4.41. The molecule has 3 nitrogen and oxygen atoms in total. The zero-order valence-corrected chi connectivity index (χ0v) is 12.0. The van der Waals surface area contributed by atoms with Crippen LogP contribution in [0.2, 0.25) is 0 Å². The summed E-state index contributed by atoms with van der Waals surface area (Å²) in [5.41, 5.74) is 0. The van der Waals surface area contributed by atoms with Gasteiger partial charge in [-0.2, -0.15) is 4.37 Å². The van der Waals surface area contributed by atoms with Crippen molar-refractivity contribution in [2.45, 2.75) is 58.9 Å². The van der Waals surface area contributed by atoms with Gasteiger partial charge in [-0.15, -0.1) is 0 Å². The molecule has 0 aliphatic carbocycles. The second-order valence-electron chi connectivity index (χ2n) is 5.02. The predicted molar refractivity (Wildman–Crippen MR) is 73.7 cm³/mol. The quantitative estimate of drug-likeness (QED) is 0.804. The third-order valence-corrected chi connectivity index (χ3v) is 4.51. The summed E-state index contributed by atoms with van der Waals surface area (Å²) in [6.45, 7) is 7.94. The van der Waals surface area contributed by atoms with Gasteiger partial charge in [-0.1, -0.05) is 27.2 Å². The Kier molecular flexibility index (Phi) is 4.37. The molecule has 1 aliphatic heterocycles. The van der Waals surface area contributed by atoms with Crippen molar-refractivity contribution in [3.63, 3.8) is 0 Å². The Morgan fingerprint density at radius 1 is 1.47 bits per heavy atom. The lowest BCUT2D eigenvalue weighted by Gasteiger charge is -2.28. The average molecular weight is 253 g/mol. The highest BCUT2D eigenvalue weighted by atomic mass is 32.1. The van der Waals surface area contributed by atoms with Crippen LogP contribution in [0, 0.1) is 5.92 Å². The van der Waals surface area contributed by atoms with E-state index in [1.54, 1.807) is 11.5 Å². The van der Waals surface area contributed by atoms with Gasteiger partial charge >= 0.3 is 0 Å². The predicted octanol–water partition coefficient (Wildman–Crippen LogP) is 3.51. The van der Waals surface area contributed by atoms with Gasteiger partial charge in [0, 0.05) is 30.5 Å². The van der Waals surface area contributed by atoms with E-state index < -0.39 is 0 Å². The number of anilines is 1. The lowest BCUT2D eigenvalue weighted by Crippen LogP contribution is -2.34. The molecule has 0 bridgehead atoms. The van der Waals surface area contributed by atoms with Crippen LogP contribution in [0.5, 0.6) is 0 Å². The number of hydrogen-bond donors (Lipinski definition) is 0. The maximum absolute atomic E-state index is 4.64. The van der Waals surface area contributed by atoms with E-state index in [1.165, 1.54) is 25.7 Å². The molecule has 2 heterocycles. The van der Waals surface area contributed by atoms with E-state index in [-0.39, 0.29) is 0 Å². The van der Waals surface area contributed by atoms with Crippen LogP contribution in [0.3, 0.4) is 0 Å². The number of aryl methyl sites for hydroxylation is 1. The number of nitrogens with zero attached hydrogens (tertiary/aromatic N) is 3. The molecule has 0 saturated carbocycles. The highest BCUT2D eigenvalue weighted by Gasteiger charge is 2.30. The molecule has 2 atom stereocenters. The van der Waals surface area contributed by atoms with Crippen LogP contribution in [0.15, 0.2) is 0 Å². The largest absolute Gasteiger partial charge is 0.344 e. The molecular formula is C13H23N3S. The molecule has 1 aromatic heterocycles. The molecule has 0 spiro atoms. The molecule has 17 heavy (non-hydrogen) atoms. The molecule has 96 valence electrons. The topological polar surface area (TPSA) is 29.0 Å². The average Bonchev–Trinajstić information content (AvgIpc) is 2.97. The Morgan fingerprint density at radius 3 is 2.94 bits per heavy atom. The summed E-state index contributed by atoms with van der Waals surface area (Å²) >= 11 is 1.58. The number of hydrogen-bond acceptors (Lipinski definition) is 4. The molecule has 0 amide bonds. The van der Waals surface area contributed by atoms with Crippen molar-refractivity contribution in [3.05, 3.63) is 5.82 Å². The third-order valence-electron chi connectivity index (χ3n) is 3.72. The molecule has 1 fully saturated rings. The van der Waals surface area contributed by atoms with E-state index in [9.17, 15) is 0 Å². The molecule has 4 heteroatoms. The molecule has 1 saturated heterocycles. The van der Waals surface area contributed by atoms with Gasteiger partial charge < -0.3 is 4.90 Å². The van der Waals surface area contributed by atoms with Crippen molar-refractivity contribution in [1.82, 2.24) is 9.36 Å². The van der Waals surface area contributed by atoms with Crippen LogP contribution < -0.4 is 4.90 Å². The minimum absolute atomic E-state index is 0.688. The van der Waals surface area contributed by atoms with Crippen LogP contribution in [-0.2, 0) is 6.42 Å². The summed E-state index contributed by atoms with van der Waals surface area (Å²) in [5, 5.41) is 1.15. The maximum Gasteiger partial charge on any atom is 0.205 e. The van der Waals surface area contributed by atoms with Crippen LogP contribution in [-0.4, -0.2) is 21.9 Å². The summed E-state index contributed by atoms with van der Waals surface area (Å²) in [6, 6.07) is 0.688. The molecule has 2 rings (SSSR count). The van der Waals surface area contributed by atoms with Crippen LogP contribution in [0.1, 0.15) is 52.3 Å². The fourth-order valence-corrected chi connectivity index (χ4v) is 3.61. The van der Waals surface area contributed by atoms with E-state index in [0.717, 1.165) is 29.8 Å². The lowest BCUT2D eigenvalue weighted by molar-refractivity contribution is 0.421. The molecule has 1 aromatic rings. The van der Waals surface area contributed by atoms with Crippen molar-refractivity contribution in [1.29, 1.82) is 0 Å². The molecule has 2 unspecified atom stereocenters. The van der Waals surface area contributed by atoms with E-state index in [2.05, 4.69) is 35.0 Å². The molecular weight excluding hydrogens is 230 g/mol. The van der Waals surface area contributed by atoms with Gasteiger partial charge in [-0.25, -0.2) is 4.98 Å². The first-order valence-corrected chi connectivity index (χ1v) is 7.62.